The highest BCUT2D eigenvalue weighted by molar-refractivity contribution is 7.98. The Kier molecular flexibility index (Phi) is 6.96. The Morgan fingerprint density at radius 3 is 1.44 bits per heavy atom. The Hall–Kier alpha value is -2.24. The fraction of sp³-hybridized carbons (Fsp3) is 0.182. The van der Waals surface area contributed by atoms with Crippen LogP contribution in [0.5, 0.6) is 11.5 Å². The van der Waals surface area contributed by atoms with Crippen molar-refractivity contribution < 1.29 is 9.47 Å². The van der Waals surface area contributed by atoms with E-state index in [9.17, 15) is 0 Å². The molecule has 0 amide bonds. The molecule has 3 rings (SSSR count). The van der Waals surface area contributed by atoms with Crippen LogP contribution >= 0.6 is 23.5 Å². The van der Waals surface area contributed by atoms with Gasteiger partial charge in [0.25, 0.3) is 0 Å². The lowest BCUT2D eigenvalue weighted by atomic mass is 10.1. The van der Waals surface area contributed by atoms with Crippen LogP contribution in [0.25, 0.3) is 0 Å². The molecule has 0 fully saturated rings. The van der Waals surface area contributed by atoms with Crippen LogP contribution in [0.2, 0.25) is 0 Å². The highest BCUT2D eigenvalue weighted by atomic mass is 32.2. The summed E-state index contributed by atoms with van der Waals surface area (Å²) in [5.41, 5.74) is 9.41. The maximum atomic E-state index is 6.12. The standard InChI is InChI=1S/C22H23NO2S2/c1-24-19-3-7-21(8-4-19)26-14-16-11-17(13-18(23)12-16)15-27-22-9-5-20(25-2)6-10-22/h3-13H,14-15,23H2,1-2H3. The number of thioether (sulfide) groups is 2. The van der Waals surface area contributed by atoms with Crippen molar-refractivity contribution in [2.45, 2.75) is 21.3 Å². The predicted molar refractivity (Wildman–Crippen MR) is 116 cm³/mol. The van der Waals surface area contributed by atoms with Crippen molar-refractivity contribution in [1.29, 1.82) is 0 Å². The quantitative estimate of drug-likeness (QED) is 0.380. The normalized spacial score (nSPS) is 10.6. The molecule has 0 saturated carbocycles. The molecule has 2 N–H and O–H groups in total. The van der Waals surface area contributed by atoms with Gasteiger partial charge in [-0.1, -0.05) is 6.07 Å². The molecule has 3 nitrogen and oxygen atoms in total. The molecule has 0 aromatic heterocycles. The van der Waals surface area contributed by atoms with Crippen LogP contribution in [0, 0.1) is 0 Å². The number of anilines is 1. The molecule has 5 heteroatoms. The van der Waals surface area contributed by atoms with Crippen molar-refractivity contribution in [3.05, 3.63) is 77.9 Å². The Morgan fingerprint density at radius 2 is 1.07 bits per heavy atom. The highest BCUT2D eigenvalue weighted by Gasteiger charge is 2.03. The Morgan fingerprint density at radius 1 is 0.667 bits per heavy atom. The molecule has 27 heavy (non-hydrogen) atoms. The highest BCUT2D eigenvalue weighted by Crippen LogP contribution is 2.29. The van der Waals surface area contributed by atoms with E-state index in [0.717, 1.165) is 28.7 Å². The van der Waals surface area contributed by atoms with Gasteiger partial charge in [-0.05, 0) is 71.8 Å². The van der Waals surface area contributed by atoms with Crippen LogP contribution in [0.3, 0.4) is 0 Å². The minimum absolute atomic E-state index is 0.813. The summed E-state index contributed by atoms with van der Waals surface area (Å²) in [5, 5.41) is 0. The molecule has 0 aliphatic rings. The van der Waals surface area contributed by atoms with Gasteiger partial charge in [0, 0.05) is 27.0 Å². The second-order valence-electron chi connectivity index (χ2n) is 6.01. The van der Waals surface area contributed by atoms with E-state index < -0.39 is 0 Å². The zero-order valence-electron chi connectivity index (χ0n) is 15.5. The number of hydrogen-bond acceptors (Lipinski definition) is 5. The van der Waals surface area contributed by atoms with Crippen molar-refractivity contribution in [3.63, 3.8) is 0 Å². The molecule has 0 heterocycles. The van der Waals surface area contributed by atoms with E-state index in [0.29, 0.717) is 0 Å². The molecule has 140 valence electrons. The lowest BCUT2D eigenvalue weighted by molar-refractivity contribution is 0.414. The van der Waals surface area contributed by atoms with Gasteiger partial charge in [-0.25, -0.2) is 0 Å². The number of ether oxygens (including phenoxy) is 2. The molecule has 0 atom stereocenters. The SMILES string of the molecule is COc1ccc(SCc2cc(N)cc(CSc3ccc(OC)cc3)c2)cc1. The zero-order valence-corrected chi connectivity index (χ0v) is 17.1. The molecule has 0 spiro atoms. The lowest BCUT2D eigenvalue weighted by Crippen LogP contribution is -1.92. The van der Waals surface area contributed by atoms with E-state index in [-0.39, 0.29) is 0 Å². The van der Waals surface area contributed by atoms with Crippen LogP contribution in [-0.2, 0) is 11.5 Å². The summed E-state index contributed by atoms with van der Waals surface area (Å²) in [6, 6.07) is 22.6. The number of rotatable bonds is 8. The first-order chi connectivity index (χ1) is 13.2. The number of benzene rings is 3. The summed E-state index contributed by atoms with van der Waals surface area (Å²) in [4.78, 5) is 2.43. The summed E-state index contributed by atoms with van der Waals surface area (Å²) in [7, 11) is 3.36. The second-order valence-corrected chi connectivity index (χ2v) is 8.11. The number of hydrogen-bond donors (Lipinski definition) is 1. The number of nitrogens with two attached hydrogens (primary N) is 1. The van der Waals surface area contributed by atoms with Crippen molar-refractivity contribution in [3.8, 4) is 11.5 Å². The predicted octanol–water partition coefficient (Wildman–Crippen LogP) is 5.87. The van der Waals surface area contributed by atoms with Gasteiger partial charge in [-0.15, -0.1) is 23.5 Å². The molecule has 3 aromatic rings. The molecular formula is C22H23NO2S2. The minimum Gasteiger partial charge on any atom is -0.497 e. The topological polar surface area (TPSA) is 44.5 Å². The molecule has 0 aliphatic carbocycles. The molecule has 3 aromatic carbocycles. The van der Waals surface area contributed by atoms with Crippen LogP contribution in [0.1, 0.15) is 11.1 Å². The Labute approximate surface area is 169 Å². The molecule has 0 aliphatic heterocycles. The average molecular weight is 398 g/mol. The van der Waals surface area contributed by atoms with Crippen LogP contribution in [0.4, 0.5) is 5.69 Å². The third-order valence-corrected chi connectivity index (χ3v) is 6.17. The van der Waals surface area contributed by atoms with E-state index in [1.54, 1.807) is 37.7 Å². The van der Waals surface area contributed by atoms with E-state index >= 15 is 0 Å². The van der Waals surface area contributed by atoms with Gasteiger partial charge >= 0.3 is 0 Å². The Bertz CT molecular complexity index is 795. The van der Waals surface area contributed by atoms with Crippen molar-refractivity contribution >= 4 is 29.2 Å². The first kappa shape index (κ1) is 19.5. The van der Waals surface area contributed by atoms with Crippen molar-refractivity contribution in [1.82, 2.24) is 0 Å². The van der Waals surface area contributed by atoms with Gasteiger partial charge in [-0.3, -0.25) is 0 Å². The molecule has 0 bridgehead atoms. The third kappa shape index (κ3) is 5.88. The average Bonchev–Trinajstić information content (AvgIpc) is 2.71. The van der Waals surface area contributed by atoms with Gasteiger partial charge in [-0.2, -0.15) is 0 Å². The Balaban J connectivity index is 1.60. The maximum absolute atomic E-state index is 6.12. The third-order valence-electron chi connectivity index (χ3n) is 4.00. The van der Waals surface area contributed by atoms with Crippen LogP contribution < -0.4 is 15.2 Å². The maximum Gasteiger partial charge on any atom is 0.118 e. The summed E-state index contributed by atoms with van der Waals surface area (Å²) in [6.45, 7) is 0. The molecular weight excluding hydrogens is 374 g/mol. The molecule has 0 saturated heterocycles. The van der Waals surface area contributed by atoms with Crippen LogP contribution in [0.15, 0.2) is 76.5 Å². The first-order valence-corrected chi connectivity index (χ1v) is 10.6. The largest absolute Gasteiger partial charge is 0.497 e. The van der Waals surface area contributed by atoms with Crippen LogP contribution in [-0.4, -0.2) is 14.2 Å². The molecule has 0 unspecified atom stereocenters. The summed E-state index contributed by atoms with van der Waals surface area (Å²) in [5.74, 6) is 3.53. The van der Waals surface area contributed by atoms with E-state index in [4.69, 9.17) is 15.2 Å². The first-order valence-electron chi connectivity index (χ1n) is 8.58. The summed E-state index contributed by atoms with van der Waals surface area (Å²) >= 11 is 3.59. The second kappa shape index (κ2) is 9.62. The van der Waals surface area contributed by atoms with E-state index in [2.05, 4.69) is 42.5 Å². The van der Waals surface area contributed by atoms with E-state index in [1.165, 1.54) is 20.9 Å². The fourth-order valence-corrected chi connectivity index (χ4v) is 4.29. The monoisotopic (exact) mass is 397 g/mol. The van der Waals surface area contributed by atoms with Gasteiger partial charge in [0.1, 0.15) is 11.5 Å². The van der Waals surface area contributed by atoms with E-state index in [1.807, 2.05) is 24.3 Å². The minimum atomic E-state index is 0.813. The summed E-state index contributed by atoms with van der Waals surface area (Å²) < 4.78 is 10.4. The summed E-state index contributed by atoms with van der Waals surface area (Å²) in [6.07, 6.45) is 0. The van der Waals surface area contributed by atoms with Gasteiger partial charge in [0.15, 0.2) is 0 Å². The molecule has 0 radical (unpaired) electrons. The number of nitrogen functional groups attached to an aromatic ring is 1. The van der Waals surface area contributed by atoms with Crippen molar-refractivity contribution in [2.75, 3.05) is 20.0 Å². The lowest BCUT2D eigenvalue weighted by Gasteiger charge is -2.09. The van der Waals surface area contributed by atoms with Crippen molar-refractivity contribution in [2.24, 2.45) is 0 Å². The zero-order chi connectivity index (χ0) is 19.1. The van der Waals surface area contributed by atoms with Gasteiger partial charge in [0.05, 0.1) is 14.2 Å². The number of methoxy groups -OCH3 is 2. The smallest absolute Gasteiger partial charge is 0.118 e. The van der Waals surface area contributed by atoms with Gasteiger partial charge in [0.2, 0.25) is 0 Å². The fourth-order valence-electron chi connectivity index (χ4n) is 2.64. The van der Waals surface area contributed by atoms with Gasteiger partial charge < -0.3 is 15.2 Å².